The van der Waals surface area contributed by atoms with Gasteiger partial charge in [0.25, 0.3) is 0 Å². The highest BCUT2D eigenvalue weighted by atomic mass is 32.1. The van der Waals surface area contributed by atoms with E-state index in [1.807, 2.05) is 0 Å². The van der Waals surface area contributed by atoms with E-state index >= 15 is 0 Å². The second-order valence-corrected chi connectivity index (χ2v) is 3.62. The van der Waals surface area contributed by atoms with Crippen molar-refractivity contribution in [1.82, 2.24) is 4.98 Å². The van der Waals surface area contributed by atoms with Crippen LogP contribution in [-0.2, 0) is 5.92 Å². The smallest absolute Gasteiger partial charge is 0.459 e. The molecule has 0 spiro atoms. The van der Waals surface area contributed by atoms with Crippen molar-refractivity contribution in [2.45, 2.75) is 12.1 Å². The summed E-state index contributed by atoms with van der Waals surface area (Å²) in [5.41, 5.74) is 2.93. The number of nitrogens with zero attached hydrogens (tertiary/aromatic N) is 1. The van der Waals surface area contributed by atoms with Crippen LogP contribution in [0.15, 0.2) is 0 Å². The first-order valence-corrected chi connectivity index (χ1v) is 4.31. The fraction of sp³-hybridized carbons (Fsp3) is 0.333. The Hall–Kier alpha value is -1.45. The maximum absolute atomic E-state index is 12.8. The van der Waals surface area contributed by atoms with Crippen LogP contribution in [0.1, 0.15) is 15.4 Å². The zero-order valence-electron chi connectivity index (χ0n) is 7.14. The second-order valence-electron chi connectivity index (χ2n) is 2.59. The first-order chi connectivity index (χ1) is 7.07. The Morgan fingerprint density at radius 1 is 1.31 bits per heavy atom. The zero-order chi connectivity index (χ0) is 12.7. The van der Waals surface area contributed by atoms with Crippen LogP contribution in [0.4, 0.5) is 27.1 Å². The highest BCUT2D eigenvalue weighted by Crippen LogP contribution is 2.45. The van der Waals surface area contributed by atoms with Gasteiger partial charge in [-0.3, -0.25) is 0 Å². The Balaban J connectivity index is 3.38. The molecule has 0 saturated carbocycles. The maximum atomic E-state index is 12.8. The van der Waals surface area contributed by atoms with Crippen LogP contribution in [0.25, 0.3) is 0 Å². The quantitative estimate of drug-likeness (QED) is 0.796. The van der Waals surface area contributed by atoms with Crippen molar-refractivity contribution in [3.63, 3.8) is 0 Å². The lowest BCUT2D eigenvalue weighted by Crippen LogP contribution is -2.36. The normalized spacial score (nSPS) is 12.8. The van der Waals surface area contributed by atoms with Crippen LogP contribution in [0.3, 0.4) is 0 Å². The first-order valence-electron chi connectivity index (χ1n) is 3.50. The third kappa shape index (κ3) is 1.92. The molecule has 1 rings (SSSR count). The predicted octanol–water partition coefficient (Wildman–Crippen LogP) is 0.743. The number of carbonyl (C=O) groups is 1. The molecule has 0 aliphatic carbocycles. The molecular formula is C6H2F5N2O2S-. The first kappa shape index (κ1) is 12.6. The molecule has 16 heavy (non-hydrogen) atoms. The third-order valence-electron chi connectivity index (χ3n) is 1.48. The van der Waals surface area contributed by atoms with Gasteiger partial charge in [0.1, 0.15) is 5.69 Å². The molecule has 0 radical (unpaired) electrons. The SMILES string of the molecule is Nc1nc(C(F)(F)C(F)(F)F)c(C(=O)[O-])s1. The molecule has 0 aliphatic rings. The van der Waals surface area contributed by atoms with E-state index in [1.165, 1.54) is 0 Å². The van der Waals surface area contributed by atoms with Gasteiger partial charge in [-0.05, 0) is 0 Å². The summed E-state index contributed by atoms with van der Waals surface area (Å²) < 4.78 is 61.3. The van der Waals surface area contributed by atoms with Crippen molar-refractivity contribution in [2.24, 2.45) is 0 Å². The molecule has 10 heteroatoms. The number of anilines is 1. The third-order valence-corrected chi connectivity index (χ3v) is 2.35. The lowest BCUT2D eigenvalue weighted by molar-refractivity contribution is -0.291. The summed E-state index contributed by atoms with van der Waals surface area (Å²) in [5.74, 6) is -7.57. The van der Waals surface area contributed by atoms with Crippen LogP contribution in [-0.4, -0.2) is 17.1 Å². The van der Waals surface area contributed by atoms with Crippen LogP contribution in [0, 0.1) is 0 Å². The molecule has 0 bridgehead atoms. The Morgan fingerprint density at radius 2 is 1.81 bits per heavy atom. The Kier molecular flexibility index (Phi) is 2.79. The number of nitrogen functional groups attached to an aromatic ring is 1. The van der Waals surface area contributed by atoms with Gasteiger partial charge in [0.15, 0.2) is 5.13 Å². The van der Waals surface area contributed by atoms with Crippen molar-refractivity contribution in [2.75, 3.05) is 5.73 Å². The van der Waals surface area contributed by atoms with E-state index in [0.717, 1.165) is 0 Å². The van der Waals surface area contributed by atoms with Crippen molar-refractivity contribution in [3.8, 4) is 0 Å². The minimum Gasteiger partial charge on any atom is -0.544 e. The fourth-order valence-corrected chi connectivity index (χ4v) is 1.52. The molecule has 0 unspecified atom stereocenters. The van der Waals surface area contributed by atoms with Crippen LogP contribution < -0.4 is 10.8 Å². The summed E-state index contributed by atoms with van der Waals surface area (Å²) in [6.45, 7) is 0. The number of alkyl halides is 5. The zero-order valence-corrected chi connectivity index (χ0v) is 7.96. The largest absolute Gasteiger partial charge is 0.544 e. The van der Waals surface area contributed by atoms with Gasteiger partial charge in [-0.2, -0.15) is 22.0 Å². The van der Waals surface area contributed by atoms with E-state index in [-0.39, 0.29) is 11.3 Å². The number of halogens is 5. The Morgan fingerprint density at radius 3 is 2.19 bits per heavy atom. The van der Waals surface area contributed by atoms with E-state index in [9.17, 15) is 31.9 Å². The van der Waals surface area contributed by atoms with Crippen LogP contribution in [0.5, 0.6) is 0 Å². The number of aromatic nitrogens is 1. The van der Waals surface area contributed by atoms with Crippen molar-refractivity contribution in [1.29, 1.82) is 0 Å². The number of hydrogen-bond donors (Lipinski definition) is 1. The lowest BCUT2D eigenvalue weighted by atomic mass is 10.2. The van der Waals surface area contributed by atoms with Gasteiger partial charge in [0, 0.05) is 0 Å². The van der Waals surface area contributed by atoms with E-state index < -0.39 is 33.8 Å². The summed E-state index contributed by atoms with van der Waals surface area (Å²) in [6.07, 6.45) is -5.95. The molecule has 0 aliphatic heterocycles. The lowest BCUT2D eigenvalue weighted by Gasteiger charge is -2.18. The summed E-state index contributed by atoms with van der Waals surface area (Å²) in [6, 6.07) is 0. The minimum absolute atomic E-state index is 0.00993. The molecule has 0 amide bonds. The van der Waals surface area contributed by atoms with Crippen LogP contribution in [0.2, 0.25) is 0 Å². The Labute approximate surface area is 88.5 Å². The topological polar surface area (TPSA) is 79.0 Å². The van der Waals surface area contributed by atoms with Gasteiger partial charge < -0.3 is 15.6 Å². The number of thiazole rings is 1. The second kappa shape index (κ2) is 3.54. The highest BCUT2D eigenvalue weighted by Gasteiger charge is 2.61. The molecule has 4 nitrogen and oxygen atoms in total. The van der Waals surface area contributed by atoms with E-state index in [4.69, 9.17) is 5.73 Å². The van der Waals surface area contributed by atoms with Gasteiger partial charge in [-0.1, -0.05) is 11.3 Å². The highest BCUT2D eigenvalue weighted by molar-refractivity contribution is 7.17. The van der Waals surface area contributed by atoms with E-state index in [2.05, 4.69) is 4.98 Å². The van der Waals surface area contributed by atoms with Gasteiger partial charge in [-0.15, -0.1) is 0 Å². The number of rotatable bonds is 2. The molecule has 0 saturated heterocycles. The minimum atomic E-state index is -5.95. The van der Waals surface area contributed by atoms with Crippen molar-refractivity contribution in [3.05, 3.63) is 10.6 Å². The molecule has 1 aromatic rings. The molecule has 2 N–H and O–H groups in total. The van der Waals surface area contributed by atoms with Crippen LogP contribution >= 0.6 is 11.3 Å². The summed E-state index contributed by atoms with van der Waals surface area (Å²) in [5, 5.41) is 9.60. The van der Waals surface area contributed by atoms with Gasteiger partial charge in [-0.25, -0.2) is 4.98 Å². The molecule has 1 aromatic heterocycles. The van der Waals surface area contributed by atoms with E-state index in [0.29, 0.717) is 0 Å². The summed E-state index contributed by atoms with van der Waals surface area (Å²) in [7, 11) is 0. The standard InChI is InChI=1S/C6H3F5N2O2S/c7-5(8,6(9,10)11)2-1(3(14)15)16-4(12)13-2/h(H2,12,13)(H,14,15)/p-1. The van der Waals surface area contributed by atoms with Crippen molar-refractivity contribution >= 4 is 22.4 Å². The molecule has 90 valence electrons. The maximum Gasteiger partial charge on any atom is 0.459 e. The number of hydrogen-bond acceptors (Lipinski definition) is 5. The average Bonchev–Trinajstić information content (AvgIpc) is 2.45. The number of carboxylic acid groups (broad SMARTS) is 1. The monoisotopic (exact) mass is 261 g/mol. The van der Waals surface area contributed by atoms with Gasteiger partial charge in [0.05, 0.1) is 10.8 Å². The number of carbonyl (C=O) groups excluding carboxylic acids is 1. The molecule has 0 aromatic carbocycles. The van der Waals surface area contributed by atoms with Gasteiger partial charge >= 0.3 is 12.1 Å². The molecular weight excluding hydrogens is 259 g/mol. The summed E-state index contributed by atoms with van der Waals surface area (Å²) in [4.78, 5) is 11.7. The Bertz CT molecular complexity index is 427. The molecule has 0 fully saturated rings. The average molecular weight is 261 g/mol. The van der Waals surface area contributed by atoms with Crippen molar-refractivity contribution < 1.29 is 31.9 Å². The predicted molar refractivity (Wildman–Crippen MR) is 40.8 cm³/mol. The van der Waals surface area contributed by atoms with Gasteiger partial charge in [0.2, 0.25) is 0 Å². The molecule has 0 atom stereocenters. The number of carboxylic acids is 1. The summed E-state index contributed by atoms with van der Waals surface area (Å²) >= 11 is -0.00993. The molecule has 1 heterocycles. The number of nitrogens with two attached hydrogens (primary N) is 1. The fourth-order valence-electron chi connectivity index (χ4n) is 0.822. The van der Waals surface area contributed by atoms with E-state index in [1.54, 1.807) is 0 Å². The number of aromatic carboxylic acids is 1.